The van der Waals surface area contributed by atoms with Gasteiger partial charge in [-0.2, -0.15) is 5.26 Å². The number of carbonyl (C=O) groups excluding carboxylic acids is 1. The highest BCUT2D eigenvalue weighted by Crippen LogP contribution is 2.16. The summed E-state index contributed by atoms with van der Waals surface area (Å²) in [4.78, 5) is 21.3. The average Bonchev–Trinajstić information content (AvgIpc) is 2.15. The zero-order valence-corrected chi connectivity index (χ0v) is 8.15. The number of carboxylic acids is 1. The molecule has 0 saturated carbocycles. The number of aliphatic carboxylic acids is 1. The van der Waals surface area contributed by atoms with Crippen LogP contribution >= 0.6 is 0 Å². The molecule has 0 radical (unpaired) electrons. The second-order valence-corrected chi connectivity index (χ2v) is 3.19. The second kappa shape index (κ2) is 4.38. The molecule has 0 spiro atoms. The molecule has 0 saturated heterocycles. The Labute approximate surface area is 86.8 Å². The van der Waals surface area contributed by atoms with Crippen LogP contribution in [0.2, 0.25) is 0 Å². The number of rotatable bonds is 3. The largest absolute Gasteiger partial charge is 0.481 e. The van der Waals surface area contributed by atoms with Crippen LogP contribution in [0.4, 0.5) is 0 Å². The van der Waals surface area contributed by atoms with E-state index in [0.717, 1.165) is 5.56 Å². The molecule has 0 atom stereocenters. The van der Waals surface area contributed by atoms with Gasteiger partial charge in [0.1, 0.15) is 0 Å². The maximum Gasteiger partial charge on any atom is 0.307 e. The summed E-state index contributed by atoms with van der Waals surface area (Å²) >= 11 is 0. The Morgan fingerprint density at radius 2 is 2.27 bits per heavy atom. The fourth-order valence-electron chi connectivity index (χ4n) is 1.41. The Bertz CT molecular complexity index is 458. The Morgan fingerprint density at radius 1 is 1.60 bits per heavy atom. The van der Waals surface area contributed by atoms with Crippen LogP contribution in [0.5, 0.6) is 0 Å². The molecule has 4 heteroatoms. The SMILES string of the molecule is Cc1cc(C#N)c(C=O)c(CC(=O)O)c1. The highest BCUT2D eigenvalue weighted by atomic mass is 16.4. The van der Waals surface area contributed by atoms with E-state index in [1.165, 1.54) is 0 Å². The number of nitriles is 1. The number of aryl methyl sites for hydroxylation is 1. The van der Waals surface area contributed by atoms with E-state index in [4.69, 9.17) is 10.4 Å². The van der Waals surface area contributed by atoms with Crippen LogP contribution in [0.15, 0.2) is 12.1 Å². The minimum absolute atomic E-state index is 0.172. The zero-order valence-electron chi connectivity index (χ0n) is 8.15. The lowest BCUT2D eigenvalue weighted by atomic mass is 9.97. The summed E-state index contributed by atoms with van der Waals surface area (Å²) in [7, 11) is 0. The maximum absolute atomic E-state index is 10.8. The third-order valence-electron chi connectivity index (χ3n) is 1.99. The van der Waals surface area contributed by atoms with Crippen molar-refractivity contribution in [1.82, 2.24) is 0 Å². The number of benzene rings is 1. The van der Waals surface area contributed by atoms with Crippen molar-refractivity contribution in [2.45, 2.75) is 13.3 Å². The van der Waals surface area contributed by atoms with E-state index >= 15 is 0 Å². The fourth-order valence-corrected chi connectivity index (χ4v) is 1.41. The van der Waals surface area contributed by atoms with Crippen LogP contribution < -0.4 is 0 Å². The van der Waals surface area contributed by atoms with E-state index in [-0.39, 0.29) is 17.5 Å². The third-order valence-corrected chi connectivity index (χ3v) is 1.99. The highest BCUT2D eigenvalue weighted by molar-refractivity contribution is 5.84. The van der Waals surface area contributed by atoms with Gasteiger partial charge in [0.25, 0.3) is 0 Å². The second-order valence-electron chi connectivity index (χ2n) is 3.19. The minimum Gasteiger partial charge on any atom is -0.481 e. The van der Waals surface area contributed by atoms with Gasteiger partial charge in [-0.1, -0.05) is 6.07 Å². The lowest BCUT2D eigenvalue weighted by molar-refractivity contribution is -0.136. The Kier molecular flexibility index (Phi) is 3.19. The van der Waals surface area contributed by atoms with Crippen LogP contribution in [-0.2, 0) is 11.2 Å². The first kappa shape index (κ1) is 10.9. The van der Waals surface area contributed by atoms with Gasteiger partial charge < -0.3 is 5.11 Å². The third kappa shape index (κ3) is 2.41. The molecule has 4 nitrogen and oxygen atoms in total. The molecular weight excluding hydrogens is 194 g/mol. The topological polar surface area (TPSA) is 78.2 Å². The lowest BCUT2D eigenvalue weighted by Gasteiger charge is -2.05. The molecule has 0 aromatic heterocycles. The molecule has 0 aliphatic carbocycles. The quantitative estimate of drug-likeness (QED) is 0.751. The van der Waals surface area contributed by atoms with Crippen LogP contribution in [0, 0.1) is 18.3 Å². The number of hydrogen-bond donors (Lipinski definition) is 1. The molecule has 0 amide bonds. The molecule has 1 aromatic carbocycles. The molecule has 0 bridgehead atoms. The standard InChI is InChI=1S/C11H9NO3/c1-7-2-8(4-11(14)15)10(6-13)9(3-7)5-12/h2-3,6H,4H2,1H3,(H,14,15). The summed E-state index contributed by atoms with van der Waals surface area (Å²) in [5.74, 6) is -1.02. The van der Waals surface area contributed by atoms with Crippen molar-refractivity contribution >= 4 is 12.3 Å². The first-order chi connectivity index (χ1) is 7.08. The minimum atomic E-state index is -1.02. The van der Waals surface area contributed by atoms with Gasteiger partial charge in [-0.3, -0.25) is 9.59 Å². The normalized spacial score (nSPS) is 9.33. The highest BCUT2D eigenvalue weighted by Gasteiger charge is 2.11. The summed E-state index contributed by atoms with van der Waals surface area (Å²) in [6.07, 6.45) is 0.278. The molecule has 0 heterocycles. The summed E-state index contributed by atoms with van der Waals surface area (Å²) in [5.41, 5.74) is 1.55. The fraction of sp³-hybridized carbons (Fsp3) is 0.182. The van der Waals surface area contributed by atoms with E-state index in [0.29, 0.717) is 11.8 Å². The van der Waals surface area contributed by atoms with Crippen molar-refractivity contribution in [3.63, 3.8) is 0 Å². The van der Waals surface area contributed by atoms with Gasteiger partial charge in [-0.25, -0.2) is 0 Å². The van der Waals surface area contributed by atoms with Crippen LogP contribution in [-0.4, -0.2) is 17.4 Å². The monoisotopic (exact) mass is 203 g/mol. The van der Waals surface area contributed by atoms with E-state index in [9.17, 15) is 9.59 Å². The average molecular weight is 203 g/mol. The van der Waals surface area contributed by atoms with Gasteiger partial charge in [-0.05, 0) is 24.1 Å². The van der Waals surface area contributed by atoms with Gasteiger partial charge >= 0.3 is 5.97 Å². The number of aldehydes is 1. The molecule has 1 rings (SSSR count). The van der Waals surface area contributed by atoms with E-state index < -0.39 is 5.97 Å². The van der Waals surface area contributed by atoms with E-state index in [2.05, 4.69) is 0 Å². The van der Waals surface area contributed by atoms with Gasteiger partial charge in [0.2, 0.25) is 0 Å². The number of carbonyl (C=O) groups is 2. The summed E-state index contributed by atoms with van der Waals surface area (Å²) < 4.78 is 0. The van der Waals surface area contributed by atoms with Crippen molar-refractivity contribution in [2.24, 2.45) is 0 Å². The van der Waals surface area contributed by atoms with Gasteiger partial charge in [-0.15, -0.1) is 0 Å². The van der Waals surface area contributed by atoms with Crippen molar-refractivity contribution in [3.8, 4) is 6.07 Å². The molecule has 15 heavy (non-hydrogen) atoms. The summed E-state index contributed by atoms with van der Waals surface area (Å²) in [5, 5.41) is 17.4. The summed E-state index contributed by atoms with van der Waals surface area (Å²) in [6, 6.07) is 5.05. The Hall–Kier alpha value is -2.15. The van der Waals surface area contributed by atoms with Gasteiger partial charge in [0, 0.05) is 5.56 Å². The number of carboxylic acid groups (broad SMARTS) is 1. The lowest BCUT2D eigenvalue weighted by Crippen LogP contribution is -2.05. The zero-order chi connectivity index (χ0) is 11.4. The Balaban J connectivity index is 3.36. The van der Waals surface area contributed by atoms with Crippen molar-refractivity contribution in [2.75, 3.05) is 0 Å². The first-order valence-corrected chi connectivity index (χ1v) is 4.29. The number of nitrogens with zero attached hydrogens (tertiary/aromatic N) is 1. The number of hydrogen-bond acceptors (Lipinski definition) is 3. The molecule has 1 aromatic rings. The smallest absolute Gasteiger partial charge is 0.307 e. The van der Waals surface area contributed by atoms with E-state index in [1.807, 2.05) is 6.07 Å². The van der Waals surface area contributed by atoms with Crippen LogP contribution in [0.3, 0.4) is 0 Å². The van der Waals surface area contributed by atoms with Gasteiger partial charge in [0.15, 0.2) is 6.29 Å². The molecule has 1 N–H and O–H groups in total. The predicted molar refractivity (Wildman–Crippen MR) is 52.6 cm³/mol. The van der Waals surface area contributed by atoms with Crippen LogP contribution in [0.1, 0.15) is 27.0 Å². The summed E-state index contributed by atoms with van der Waals surface area (Å²) in [6.45, 7) is 1.75. The predicted octanol–water partition coefficient (Wildman–Crippen LogP) is 1.31. The Morgan fingerprint density at radius 3 is 2.73 bits per heavy atom. The molecule has 76 valence electrons. The van der Waals surface area contributed by atoms with Crippen molar-refractivity contribution in [3.05, 3.63) is 34.4 Å². The van der Waals surface area contributed by atoms with E-state index in [1.54, 1.807) is 19.1 Å². The van der Waals surface area contributed by atoms with Crippen LogP contribution in [0.25, 0.3) is 0 Å². The molecule has 0 aliphatic heterocycles. The van der Waals surface area contributed by atoms with Gasteiger partial charge in [0.05, 0.1) is 18.1 Å². The van der Waals surface area contributed by atoms with Crippen molar-refractivity contribution < 1.29 is 14.7 Å². The molecular formula is C11H9NO3. The maximum atomic E-state index is 10.8. The molecule has 0 fully saturated rings. The van der Waals surface area contributed by atoms with Crippen molar-refractivity contribution in [1.29, 1.82) is 5.26 Å². The first-order valence-electron chi connectivity index (χ1n) is 4.29. The molecule has 0 aliphatic rings. The molecule has 0 unspecified atom stereocenters.